The Morgan fingerprint density at radius 2 is 1.65 bits per heavy atom. The smallest absolute Gasteiger partial charge is 0.341 e. The van der Waals surface area contributed by atoms with E-state index in [1.54, 1.807) is 45.6 Å². The number of methoxy groups -OCH3 is 1. The summed E-state index contributed by atoms with van der Waals surface area (Å²) in [6.45, 7) is 14.5. The number of ketones is 1. The number of halogens is 1. The summed E-state index contributed by atoms with van der Waals surface area (Å²) in [5.74, 6) is -11.4. The largest absolute Gasteiger partial charge is 0.507 e. The average Bonchev–Trinajstić information content (AvgIpc) is 4.19. The number of aliphatic hydroxyl groups excluding tert-OH is 2. The Morgan fingerprint density at radius 1 is 0.948 bits per heavy atom. The SMILES string of the molecule is CO[C@H]1/C=C/O[C@@]2(C)Oc3c(C)c(O)c4c(O)c(c(/C=N/NC5CCN(c6c(F)cn7c(=O)c(C(=O)O)cc(C8CC8)c7c6C)C5)c(O)c4c3C2=O)NC(=O)/C(C)=C\C=C\[C@H](C)[C@H](O)[C@@H](C)[C@@H](O)[C@@H](C)[C@H](OC(C)=O)[C@@H]1C. The molecule has 5 aliphatic rings. The minimum Gasteiger partial charge on any atom is -0.507 e. The number of aliphatic hydroxyl groups is 2. The molecule has 1 saturated carbocycles. The van der Waals surface area contributed by atoms with Crippen molar-refractivity contribution in [2.45, 2.75) is 124 Å². The van der Waals surface area contributed by atoms with Gasteiger partial charge in [0.05, 0.1) is 76.4 Å². The van der Waals surface area contributed by atoms with E-state index in [1.807, 2.05) is 0 Å². The van der Waals surface area contributed by atoms with Crippen LogP contribution in [0.15, 0.2) is 58.3 Å². The zero-order chi connectivity index (χ0) is 56.3. The number of aromatic nitrogens is 1. The molecule has 10 atom stereocenters. The van der Waals surface area contributed by atoms with E-state index >= 15 is 4.39 Å². The number of hydrogen-bond acceptors (Lipinski definition) is 17. The molecule has 412 valence electrons. The fraction of sp³-hybridized carbons (Fsp3) is 0.464. The number of allylic oxidation sites excluding steroid dienone is 2. The quantitative estimate of drug-likeness (QED) is 0.0303. The zero-order valence-corrected chi connectivity index (χ0v) is 44.5. The fourth-order valence-corrected chi connectivity index (χ4v) is 11.0. The zero-order valence-electron chi connectivity index (χ0n) is 44.5. The molecule has 9 rings (SSSR count). The number of carboxylic acids is 1. The third-order valence-corrected chi connectivity index (χ3v) is 15.7. The molecular formula is C56H66FN5O15. The second-order valence-corrected chi connectivity index (χ2v) is 21.0. The Hall–Kier alpha value is -7.49. The molecule has 1 aliphatic carbocycles. The molecule has 2 aromatic heterocycles. The number of phenols is 3. The van der Waals surface area contributed by atoms with Gasteiger partial charge in [-0.3, -0.25) is 23.6 Å². The second-order valence-electron chi connectivity index (χ2n) is 21.0. The van der Waals surface area contributed by atoms with Gasteiger partial charge in [-0.1, -0.05) is 45.9 Å². The number of aromatic carboxylic acids is 1. The number of ether oxygens (including phenoxy) is 4. The first-order chi connectivity index (χ1) is 36.3. The number of carboxylic acid groups (broad SMARTS) is 1. The van der Waals surface area contributed by atoms with Crippen LogP contribution in [0.1, 0.15) is 117 Å². The fourth-order valence-electron chi connectivity index (χ4n) is 11.0. The van der Waals surface area contributed by atoms with Gasteiger partial charge in [0.25, 0.3) is 17.2 Å². The number of Topliss-reactive ketones (excluding diaryl/α,β-unsaturated/α-hetero) is 1. The van der Waals surface area contributed by atoms with E-state index in [-0.39, 0.29) is 51.5 Å². The van der Waals surface area contributed by atoms with Gasteiger partial charge in [-0.05, 0) is 69.2 Å². The predicted molar refractivity (Wildman–Crippen MR) is 282 cm³/mol. The second kappa shape index (κ2) is 21.5. The first-order valence-electron chi connectivity index (χ1n) is 25.6. The number of anilines is 2. The summed E-state index contributed by atoms with van der Waals surface area (Å²) in [6, 6.07) is 0.931. The molecule has 0 radical (unpaired) electrons. The number of esters is 1. The van der Waals surface area contributed by atoms with Crippen molar-refractivity contribution in [2.75, 3.05) is 30.4 Å². The Labute approximate surface area is 443 Å². The van der Waals surface area contributed by atoms with Gasteiger partial charge in [0, 0.05) is 74.2 Å². The van der Waals surface area contributed by atoms with E-state index in [0.29, 0.717) is 29.6 Å². The highest BCUT2D eigenvalue weighted by atomic mass is 19.1. The van der Waals surface area contributed by atoms with E-state index in [2.05, 4.69) is 15.8 Å². The summed E-state index contributed by atoms with van der Waals surface area (Å²) in [7, 11) is 1.41. The number of phenolic OH excluding ortho intramolecular Hbond substituents is 3. The summed E-state index contributed by atoms with van der Waals surface area (Å²) >= 11 is 0. The Bertz CT molecular complexity index is 3270. The van der Waals surface area contributed by atoms with Crippen LogP contribution in [0.3, 0.4) is 0 Å². The summed E-state index contributed by atoms with van der Waals surface area (Å²) < 4.78 is 40.9. The van der Waals surface area contributed by atoms with Crippen molar-refractivity contribution in [3.8, 4) is 23.0 Å². The average molecular weight is 1070 g/mol. The predicted octanol–water partition coefficient (Wildman–Crippen LogP) is 6.59. The van der Waals surface area contributed by atoms with Crippen molar-refractivity contribution >= 4 is 57.5 Å². The molecule has 8 N–H and O–H groups in total. The van der Waals surface area contributed by atoms with Gasteiger partial charge in [-0.2, -0.15) is 5.10 Å². The number of carbonyl (C=O) groups excluding carboxylic acids is 3. The maximum absolute atomic E-state index is 16.1. The number of rotatable bonds is 8. The number of carbonyl (C=O) groups is 4. The van der Waals surface area contributed by atoms with Crippen LogP contribution < -0.4 is 25.9 Å². The standard InChI is InChI=1S/C56H66FN5O15/c1-24-12-11-13-25(2)53(70)59-42-36(21-58-60-33-16-18-61(22-33)44-27(4)43-34(32-14-15-32)20-35(55(72)73)54(71)62(43)23-37(44)57)48(67)39-40(49(42)68)47(66)30(7)51-41(39)52(69)56(9,77-51)75-19-17-38(74-10)26(3)50(76-31(8)63)29(6)46(65)28(5)45(24)64/h11-13,17,19-21,23-24,26,28-29,32-33,38,45-46,50,60,64-68H,14-16,18,22H2,1-10H3,(H,59,70)(H,72,73)/b12-11+,19-17+,25-13-,58-21+/t24-,26+,28+,29+,33?,38-,45-,46+,50+,56-/m0/s1. The van der Waals surface area contributed by atoms with E-state index < -0.39 is 129 Å². The lowest BCUT2D eigenvalue weighted by atomic mass is 9.78. The highest BCUT2D eigenvalue weighted by molar-refractivity contribution is 6.24. The molecule has 21 heteroatoms. The highest BCUT2D eigenvalue weighted by Crippen LogP contribution is 2.55. The van der Waals surface area contributed by atoms with Crippen molar-refractivity contribution < 1.29 is 73.2 Å². The van der Waals surface area contributed by atoms with Gasteiger partial charge < -0.3 is 65.2 Å². The van der Waals surface area contributed by atoms with Crippen molar-refractivity contribution in [3.05, 3.63) is 98.0 Å². The van der Waals surface area contributed by atoms with Crippen LogP contribution in [0.25, 0.3) is 16.3 Å². The normalized spacial score (nSPS) is 28.8. The molecule has 0 spiro atoms. The summed E-state index contributed by atoms with van der Waals surface area (Å²) in [5, 5.41) is 75.4. The molecule has 1 amide bonds. The van der Waals surface area contributed by atoms with Gasteiger partial charge in [-0.25, -0.2) is 9.18 Å². The monoisotopic (exact) mass is 1070 g/mol. The number of hydrogen-bond donors (Lipinski definition) is 8. The van der Waals surface area contributed by atoms with Crippen LogP contribution in [0.5, 0.6) is 23.0 Å². The third-order valence-electron chi connectivity index (χ3n) is 15.7. The minimum atomic E-state index is -2.14. The van der Waals surface area contributed by atoms with Gasteiger partial charge >= 0.3 is 17.7 Å². The van der Waals surface area contributed by atoms with E-state index in [1.165, 1.54) is 59.1 Å². The molecule has 2 fully saturated rings. The molecule has 5 bridgehead atoms. The lowest BCUT2D eigenvalue weighted by molar-refractivity contribution is -0.160. The van der Waals surface area contributed by atoms with E-state index in [4.69, 9.17) is 18.9 Å². The molecule has 20 nitrogen and oxygen atoms in total. The van der Waals surface area contributed by atoms with Crippen molar-refractivity contribution in [3.63, 3.8) is 0 Å². The third kappa shape index (κ3) is 10.2. The number of fused-ring (bicyclic) bond motifs is 15. The number of benzene rings is 2. The molecular weight excluding hydrogens is 1000 g/mol. The molecule has 6 heterocycles. The Morgan fingerprint density at radius 3 is 2.30 bits per heavy atom. The van der Waals surface area contributed by atoms with Crippen LogP contribution in [0.2, 0.25) is 0 Å². The number of aromatic hydroxyl groups is 3. The topological polar surface area (TPSA) is 288 Å². The van der Waals surface area contributed by atoms with E-state index in [0.717, 1.165) is 35.9 Å². The highest BCUT2D eigenvalue weighted by Gasteiger charge is 2.50. The van der Waals surface area contributed by atoms with Crippen molar-refractivity contribution in [1.82, 2.24) is 9.83 Å². The molecule has 1 saturated heterocycles. The van der Waals surface area contributed by atoms with Crippen LogP contribution >= 0.6 is 0 Å². The van der Waals surface area contributed by atoms with Gasteiger partial charge in [0.2, 0.25) is 0 Å². The lowest BCUT2D eigenvalue weighted by Crippen LogP contribution is -2.46. The van der Waals surface area contributed by atoms with Gasteiger partial charge in [0.1, 0.15) is 28.9 Å². The molecule has 77 heavy (non-hydrogen) atoms. The molecule has 4 aromatic rings. The first kappa shape index (κ1) is 55.7. The lowest BCUT2D eigenvalue weighted by Gasteiger charge is -2.38. The maximum atomic E-state index is 16.1. The van der Waals surface area contributed by atoms with Crippen molar-refractivity contribution in [2.24, 2.45) is 28.8 Å². The summed E-state index contributed by atoms with van der Waals surface area (Å²) in [6.07, 6.45) is 7.26. The van der Waals surface area contributed by atoms with Crippen LogP contribution in [0, 0.1) is 43.3 Å². The van der Waals surface area contributed by atoms with Crippen LogP contribution in [-0.4, -0.2) is 121 Å². The Balaban J connectivity index is 1.19. The van der Waals surface area contributed by atoms with E-state index in [9.17, 15) is 54.6 Å². The van der Waals surface area contributed by atoms with Crippen LogP contribution in [0.4, 0.5) is 15.8 Å². The number of aryl methyl sites for hydroxylation is 1. The molecule has 4 aliphatic heterocycles. The number of amides is 1. The maximum Gasteiger partial charge on any atom is 0.341 e. The van der Waals surface area contributed by atoms with Gasteiger partial charge in [0.15, 0.2) is 11.6 Å². The van der Waals surface area contributed by atoms with Crippen LogP contribution in [-0.2, 0) is 23.8 Å². The number of hydrazone groups is 1. The number of pyridine rings is 2. The molecule has 1 unspecified atom stereocenters. The van der Waals surface area contributed by atoms with Crippen molar-refractivity contribution in [1.29, 1.82) is 0 Å². The summed E-state index contributed by atoms with van der Waals surface area (Å²) in [4.78, 5) is 68.2. The number of nitrogens with one attached hydrogen (secondary N) is 2. The molecule has 2 aromatic carbocycles. The number of nitrogens with zero attached hydrogens (tertiary/aromatic N) is 3. The minimum absolute atomic E-state index is 0.0191. The van der Waals surface area contributed by atoms with Gasteiger partial charge in [-0.15, -0.1) is 0 Å². The Kier molecular flexibility index (Phi) is 15.6. The first-order valence-corrected chi connectivity index (χ1v) is 25.6. The summed E-state index contributed by atoms with van der Waals surface area (Å²) in [5.41, 5.74) is 2.61.